The Morgan fingerprint density at radius 1 is 1.23 bits per heavy atom. The standard InChI is InChI=1S/C21H20BrFN2S/c1-12(2)13-4-6-19-17(9-13)16-7-8-25(21(26)20(16)24-19)11-14-3-5-15(22)10-18(14)23/h3-6,9-10,12,24H,7-8,11H2,1-2H3. The molecule has 0 saturated heterocycles. The van der Waals surface area contributed by atoms with E-state index in [-0.39, 0.29) is 5.82 Å². The van der Waals surface area contributed by atoms with E-state index in [9.17, 15) is 4.39 Å². The molecule has 5 heteroatoms. The van der Waals surface area contributed by atoms with Crippen LogP contribution in [0.15, 0.2) is 40.9 Å². The summed E-state index contributed by atoms with van der Waals surface area (Å²) in [5.41, 5.74) is 5.43. The molecular formula is C21H20BrFN2S. The third-order valence-corrected chi connectivity index (χ3v) is 6.06. The molecular weight excluding hydrogens is 411 g/mol. The van der Waals surface area contributed by atoms with E-state index in [1.165, 1.54) is 22.6 Å². The van der Waals surface area contributed by atoms with Crippen LogP contribution in [0.25, 0.3) is 10.9 Å². The van der Waals surface area contributed by atoms with Crippen molar-refractivity contribution in [2.45, 2.75) is 32.7 Å². The minimum atomic E-state index is -0.203. The summed E-state index contributed by atoms with van der Waals surface area (Å²) in [6.07, 6.45) is 0.912. The van der Waals surface area contributed by atoms with Gasteiger partial charge in [-0.3, -0.25) is 0 Å². The van der Waals surface area contributed by atoms with Gasteiger partial charge in [0.15, 0.2) is 0 Å². The van der Waals surface area contributed by atoms with Crippen molar-refractivity contribution in [3.8, 4) is 0 Å². The third kappa shape index (κ3) is 3.08. The lowest BCUT2D eigenvalue weighted by molar-refractivity contribution is 0.405. The van der Waals surface area contributed by atoms with Crippen molar-refractivity contribution in [3.63, 3.8) is 0 Å². The zero-order valence-corrected chi connectivity index (χ0v) is 17.2. The molecule has 0 radical (unpaired) electrons. The van der Waals surface area contributed by atoms with Gasteiger partial charge in [-0.15, -0.1) is 0 Å². The van der Waals surface area contributed by atoms with Crippen molar-refractivity contribution in [1.29, 1.82) is 0 Å². The fourth-order valence-corrected chi connectivity index (χ4v) is 4.24. The lowest BCUT2D eigenvalue weighted by Crippen LogP contribution is -2.36. The molecule has 0 amide bonds. The topological polar surface area (TPSA) is 19.0 Å². The second-order valence-corrected chi connectivity index (χ2v) is 8.45. The second kappa shape index (κ2) is 6.78. The van der Waals surface area contributed by atoms with Gasteiger partial charge in [-0.2, -0.15) is 0 Å². The monoisotopic (exact) mass is 430 g/mol. The molecule has 0 fully saturated rings. The minimum absolute atomic E-state index is 0.203. The minimum Gasteiger partial charge on any atom is -0.356 e. The van der Waals surface area contributed by atoms with Crippen LogP contribution in [-0.2, 0) is 13.0 Å². The lowest BCUT2D eigenvalue weighted by Gasteiger charge is -2.29. The fraction of sp³-hybridized carbons (Fsp3) is 0.286. The Hall–Kier alpha value is -1.72. The summed E-state index contributed by atoms with van der Waals surface area (Å²) in [6, 6.07) is 11.8. The van der Waals surface area contributed by atoms with Gasteiger partial charge in [0.2, 0.25) is 0 Å². The van der Waals surface area contributed by atoms with Gasteiger partial charge in [0.05, 0.1) is 5.69 Å². The van der Waals surface area contributed by atoms with Crippen LogP contribution in [0.2, 0.25) is 0 Å². The highest BCUT2D eigenvalue weighted by Gasteiger charge is 2.25. The maximum atomic E-state index is 14.2. The molecule has 0 saturated carbocycles. The number of H-pyrrole nitrogens is 1. The van der Waals surface area contributed by atoms with Crippen molar-refractivity contribution in [2.24, 2.45) is 0 Å². The van der Waals surface area contributed by atoms with Crippen LogP contribution in [0.5, 0.6) is 0 Å². The SMILES string of the molecule is CC(C)c1ccc2[nH]c3c(c2c1)CCN(Cc1ccc(Br)cc1F)C3=S. The molecule has 3 aromatic rings. The molecule has 0 aliphatic carbocycles. The Morgan fingerprint density at radius 2 is 2.04 bits per heavy atom. The number of aromatic amines is 1. The maximum Gasteiger partial charge on any atom is 0.129 e. The molecule has 2 aromatic carbocycles. The van der Waals surface area contributed by atoms with Gasteiger partial charge in [-0.25, -0.2) is 4.39 Å². The van der Waals surface area contributed by atoms with E-state index in [1.54, 1.807) is 0 Å². The first-order valence-corrected chi connectivity index (χ1v) is 10.0. The van der Waals surface area contributed by atoms with Crippen LogP contribution in [-0.4, -0.2) is 21.4 Å². The van der Waals surface area contributed by atoms with Gasteiger partial charge in [-0.1, -0.05) is 54.1 Å². The van der Waals surface area contributed by atoms with Crippen LogP contribution >= 0.6 is 28.1 Å². The number of nitrogens with one attached hydrogen (secondary N) is 1. The summed E-state index contributed by atoms with van der Waals surface area (Å²) in [7, 11) is 0. The van der Waals surface area contributed by atoms with Crippen LogP contribution in [0.4, 0.5) is 4.39 Å². The molecule has 26 heavy (non-hydrogen) atoms. The van der Waals surface area contributed by atoms with Crippen LogP contribution in [0.3, 0.4) is 0 Å². The second-order valence-electron chi connectivity index (χ2n) is 7.15. The van der Waals surface area contributed by atoms with Crippen molar-refractivity contribution in [3.05, 3.63) is 69.1 Å². The predicted molar refractivity (Wildman–Crippen MR) is 112 cm³/mol. The Morgan fingerprint density at radius 3 is 2.77 bits per heavy atom. The Bertz CT molecular complexity index is 1010. The Balaban J connectivity index is 1.67. The summed E-state index contributed by atoms with van der Waals surface area (Å²) in [6.45, 7) is 5.71. The zero-order chi connectivity index (χ0) is 18.4. The van der Waals surface area contributed by atoms with Gasteiger partial charge in [0.1, 0.15) is 10.8 Å². The normalized spacial score (nSPS) is 14.3. The van der Waals surface area contributed by atoms with E-state index >= 15 is 0 Å². The van der Waals surface area contributed by atoms with E-state index < -0.39 is 0 Å². The molecule has 1 aliphatic rings. The predicted octanol–water partition coefficient (Wildman–Crippen LogP) is 5.93. The van der Waals surface area contributed by atoms with Crippen molar-refractivity contribution >= 4 is 44.0 Å². The number of benzene rings is 2. The van der Waals surface area contributed by atoms with Crippen LogP contribution in [0, 0.1) is 5.82 Å². The molecule has 1 N–H and O–H groups in total. The van der Waals surface area contributed by atoms with Gasteiger partial charge in [0, 0.05) is 34.0 Å². The summed E-state index contributed by atoms with van der Waals surface area (Å²) < 4.78 is 15.0. The lowest BCUT2D eigenvalue weighted by atomic mass is 9.97. The smallest absolute Gasteiger partial charge is 0.129 e. The van der Waals surface area contributed by atoms with E-state index in [1.807, 2.05) is 12.1 Å². The number of hydrogen-bond donors (Lipinski definition) is 1. The average Bonchev–Trinajstić information content (AvgIpc) is 2.98. The highest BCUT2D eigenvalue weighted by atomic mass is 79.9. The molecule has 2 heterocycles. The van der Waals surface area contributed by atoms with E-state index in [0.717, 1.165) is 33.6 Å². The Kier molecular flexibility index (Phi) is 4.61. The highest BCUT2D eigenvalue weighted by Crippen LogP contribution is 2.31. The highest BCUT2D eigenvalue weighted by molar-refractivity contribution is 9.10. The van der Waals surface area contributed by atoms with E-state index in [4.69, 9.17) is 12.2 Å². The molecule has 0 spiro atoms. The van der Waals surface area contributed by atoms with Gasteiger partial charge < -0.3 is 9.88 Å². The summed E-state index contributed by atoms with van der Waals surface area (Å²) >= 11 is 9.04. The molecule has 2 nitrogen and oxygen atoms in total. The van der Waals surface area contributed by atoms with Gasteiger partial charge in [0.25, 0.3) is 0 Å². The third-order valence-electron chi connectivity index (χ3n) is 5.11. The molecule has 0 atom stereocenters. The van der Waals surface area contributed by atoms with Crippen LogP contribution in [0.1, 0.15) is 42.1 Å². The summed E-state index contributed by atoms with van der Waals surface area (Å²) in [5.74, 6) is 0.295. The molecule has 1 aliphatic heterocycles. The molecule has 4 rings (SSSR count). The Labute approximate surface area is 166 Å². The van der Waals surface area contributed by atoms with E-state index in [2.05, 4.69) is 57.9 Å². The number of hydrogen-bond acceptors (Lipinski definition) is 1. The van der Waals surface area contributed by atoms with Gasteiger partial charge >= 0.3 is 0 Å². The first-order valence-electron chi connectivity index (χ1n) is 8.81. The fourth-order valence-electron chi connectivity index (χ4n) is 3.58. The largest absolute Gasteiger partial charge is 0.356 e. The maximum absolute atomic E-state index is 14.2. The van der Waals surface area contributed by atoms with Crippen molar-refractivity contribution in [2.75, 3.05) is 6.54 Å². The van der Waals surface area contributed by atoms with Crippen molar-refractivity contribution in [1.82, 2.24) is 9.88 Å². The number of fused-ring (bicyclic) bond motifs is 3. The number of halogens is 2. The number of rotatable bonds is 3. The average molecular weight is 431 g/mol. The number of thiocarbonyl (C=S) groups is 1. The number of nitrogens with zero attached hydrogens (tertiary/aromatic N) is 1. The van der Waals surface area contributed by atoms with Gasteiger partial charge in [-0.05, 0) is 47.7 Å². The molecule has 1 aromatic heterocycles. The van der Waals surface area contributed by atoms with Crippen molar-refractivity contribution < 1.29 is 4.39 Å². The first kappa shape index (κ1) is 17.7. The number of aromatic nitrogens is 1. The van der Waals surface area contributed by atoms with Crippen LogP contribution < -0.4 is 0 Å². The zero-order valence-electron chi connectivity index (χ0n) is 14.8. The molecule has 134 valence electrons. The summed E-state index contributed by atoms with van der Waals surface area (Å²) in [5, 5.41) is 1.27. The summed E-state index contributed by atoms with van der Waals surface area (Å²) in [4.78, 5) is 6.35. The molecule has 0 unspecified atom stereocenters. The quantitative estimate of drug-likeness (QED) is 0.519. The van der Waals surface area contributed by atoms with E-state index in [0.29, 0.717) is 18.0 Å². The first-order chi connectivity index (χ1) is 12.4. The molecule has 0 bridgehead atoms.